The van der Waals surface area contributed by atoms with Crippen LogP contribution in [0.2, 0.25) is 0 Å². The third kappa shape index (κ3) is 3.19. The lowest BCUT2D eigenvalue weighted by Crippen LogP contribution is -2.37. The molecule has 1 saturated heterocycles. The number of thiophene rings is 1. The van der Waals surface area contributed by atoms with Crippen molar-refractivity contribution in [3.05, 3.63) is 44.6 Å². The Kier molecular flexibility index (Phi) is 4.92. The van der Waals surface area contributed by atoms with Gasteiger partial charge in [-0.05, 0) is 54.5 Å². The molecule has 0 radical (unpaired) electrons. The van der Waals surface area contributed by atoms with Crippen LogP contribution in [-0.2, 0) is 11.2 Å². The summed E-state index contributed by atoms with van der Waals surface area (Å²) in [4.78, 5) is 15.7. The fourth-order valence-corrected chi connectivity index (χ4v) is 4.31. The van der Waals surface area contributed by atoms with E-state index in [-0.39, 0.29) is 5.78 Å². The number of hydrogen-bond acceptors (Lipinski definition) is 5. The molecule has 0 unspecified atom stereocenters. The summed E-state index contributed by atoms with van der Waals surface area (Å²) < 4.78 is 5.47. The van der Waals surface area contributed by atoms with E-state index >= 15 is 0 Å². The Labute approximate surface area is 147 Å². The summed E-state index contributed by atoms with van der Waals surface area (Å²) in [5, 5.41) is 1.87. The average Bonchev–Trinajstić information content (AvgIpc) is 2.98. The minimum Gasteiger partial charge on any atom is -0.397 e. The summed E-state index contributed by atoms with van der Waals surface area (Å²) in [5.74, 6) is 0.102. The Bertz CT molecular complexity index is 761. The van der Waals surface area contributed by atoms with Gasteiger partial charge in [0, 0.05) is 25.2 Å². The van der Waals surface area contributed by atoms with Crippen LogP contribution in [0.1, 0.15) is 31.9 Å². The first-order valence-electron chi connectivity index (χ1n) is 8.27. The van der Waals surface area contributed by atoms with E-state index in [1.165, 1.54) is 33.7 Å². The van der Waals surface area contributed by atoms with Crippen LogP contribution in [0.3, 0.4) is 0 Å². The van der Waals surface area contributed by atoms with E-state index in [1.807, 2.05) is 5.38 Å². The molecular formula is C19H24N2O2S. The van der Waals surface area contributed by atoms with Gasteiger partial charge in [-0.2, -0.15) is 0 Å². The lowest BCUT2D eigenvalue weighted by molar-refractivity contribution is 0.0997. The molecule has 0 saturated carbocycles. The van der Waals surface area contributed by atoms with Gasteiger partial charge in [0.1, 0.15) is 0 Å². The zero-order chi connectivity index (χ0) is 17.3. The van der Waals surface area contributed by atoms with E-state index in [9.17, 15) is 4.79 Å². The van der Waals surface area contributed by atoms with Crippen LogP contribution in [0.15, 0.2) is 17.5 Å². The Morgan fingerprint density at radius 1 is 1.25 bits per heavy atom. The van der Waals surface area contributed by atoms with Crippen LogP contribution in [-0.4, -0.2) is 32.1 Å². The van der Waals surface area contributed by atoms with Gasteiger partial charge in [-0.15, -0.1) is 11.3 Å². The lowest BCUT2D eigenvalue weighted by atomic mass is 9.92. The standard InChI is InChI=1S/C19H24N2O2S/c1-12-10-13(2)18(21-5-7-23-8-6-21)14(3)15(12)11-17(22)19-16(20)4-9-24-19/h4,9-10H,5-8,11,20H2,1-3H3. The normalized spacial score (nSPS) is 14.9. The average molecular weight is 344 g/mol. The first kappa shape index (κ1) is 17.0. The van der Waals surface area contributed by atoms with Crippen LogP contribution in [0.25, 0.3) is 0 Å². The van der Waals surface area contributed by atoms with Crippen molar-refractivity contribution in [2.24, 2.45) is 0 Å². The highest BCUT2D eigenvalue weighted by Crippen LogP contribution is 2.32. The number of carbonyl (C=O) groups is 1. The molecule has 2 heterocycles. The molecule has 3 rings (SSSR count). The van der Waals surface area contributed by atoms with Gasteiger partial charge in [0.2, 0.25) is 0 Å². The third-order valence-corrected chi connectivity index (χ3v) is 5.68. The highest BCUT2D eigenvalue weighted by molar-refractivity contribution is 7.12. The predicted molar refractivity (Wildman–Crippen MR) is 100 cm³/mol. The predicted octanol–water partition coefficient (Wildman–Crippen LogP) is 3.52. The number of morpholine rings is 1. The summed E-state index contributed by atoms with van der Waals surface area (Å²) in [7, 11) is 0. The molecule has 1 aliphatic heterocycles. The molecule has 0 amide bonds. The maximum atomic E-state index is 12.7. The van der Waals surface area contributed by atoms with Crippen LogP contribution in [0.4, 0.5) is 11.4 Å². The van der Waals surface area contributed by atoms with Crippen molar-refractivity contribution in [3.63, 3.8) is 0 Å². The molecule has 0 atom stereocenters. The number of Topliss-reactive ketones (excluding diaryl/α,β-unsaturated/α-hetero) is 1. The molecule has 0 spiro atoms. The number of ether oxygens (including phenoxy) is 1. The molecule has 4 nitrogen and oxygen atoms in total. The number of anilines is 2. The van der Waals surface area contributed by atoms with E-state index in [1.54, 1.807) is 6.07 Å². The van der Waals surface area contributed by atoms with Gasteiger partial charge in [0.25, 0.3) is 0 Å². The second-order valence-corrected chi connectivity index (χ2v) is 7.28. The molecule has 0 bridgehead atoms. The minimum atomic E-state index is 0.102. The van der Waals surface area contributed by atoms with Gasteiger partial charge in [-0.3, -0.25) is 4.79 Å². The van der Waals surface area contributed by atoms with Gasteiger partial charge in [0.05, 0.1) is 23.8 Å². The van der Waals surface area contributed by atoms with Crippen molar-refractivity contribution in [2.45, 2.75) is 27.2 Å². The maximum Gasteiger partial charge on any atom is 0.179 e. The Hall–Kier alpha value is -1.85. The van der Waals surface area contributed by atoms with Crippen molar-refractivity contribution in [1.82, 2.24) is 0 Å². The molecule has 1 aromatic carbocycles. The molecule has 1 aliphatic rings. The SMILES string of the molecule is Cc1cc(C)c(N2CCOCC2)c(C)c1CC(=O)c1sccc1N. The highest BCUT2D eigenvalue weighted by Gasteiger charge is 2.21. The van der Waals surface area contributed by atoms with Crippen LogP contribution >= 0.6 is 11.3 Å². The van der Waals surface area contributed by atoms with E-state index < -0.39 is 0 Å². The number of aryl methyl sites for hydroxylation is 2. The molecule has 128 valence electrons. The fraction of sp³-hybridized carbons (Fsp3) is 0.421. The lowest BCUT2D eigenvalue weighted by Gasteiger charge is -2.32. The summed E-state index contributed by atoms with van der Waals surface area (Å²) in [5.41, 5.74) is 12.5. The van der Waals surface area contributed by atoms with E-state index in [4.69, 9.17) is 10.5 Å². The number of carbonyl (C=O) groups excluding carboxylic acids is 1. The fourth-order valence-electron chi connectivity index (χ4n) is 3.55. The van der Waals surface area contributed by atoms with Crippen LogP contribution in [0.5, 0.6) is 0 Å². The quantitative estimate of drug-likeness (QED) is 0.862. The van der Waals surface area contributed by atoms with Crippen molar-refractivity contribution in [3.8, 4) is 0 Å². The van der Waals surface area contributed by atoms with Gasteiger partial charge in [0.15, 0.2) is 5.78 Å². The molecule has 1 aromatic heterocycles. The molecule has 0 aliphatic carbocycles. The number of ketones is 1. The summed E-state index contributed by atoms with van der Waals surface area (Å²) in [6, 6.07) is 3.99. The first-order valence-corrected chi connectivity index (χ1v) is 9.15. The molecular weight excluding hydrogens is 320 g/mol. The second kappa shape index (κ2) is 6.95. The van der Waals surface area contributed by atoms with Gasteiger partial charge in [-0.25, -0.2) is 0 Å². The Balaban J connectivity index is 1.95. The van der Waals surface area contributed by atoms with Crippen molar-refractivity contribution < 1.29 is 9.53 Å². The number of rotatable bonds is 4. The third-order valence-electron chi connectivity index (χ3n) is 4.70. The van der Waals surface area contributed by atoms with E-state index in [0.717, 1.165) is 31.9 Å². The smallest absolute Gasteiger partial charge is 0.179 e. The molecule has 5 heteroatoms. The van der Waals surface area contributed by atoms with Crippen LogP contribution in [0, 0.1) is 20.8 Å². The van der Waals surface area contributed by atoms with Gasteiger partial charge < -0.3 is 15.4 Å². The second-order valence-electron chi connectivity index (χ2n) is 6.37. The molecule has 2 aromatic rings. The molecule has 24 heavy (non-hydrogen) atoms. The summed E-state index contributed by atoms with van der Waals surface area (Å²) in [6.07, 6.45) is 0.403. The maximum absolute atomic E-state index is 12.7. The number of nitrogen functional groups attached to an aromatic ring is 1. The zero-order valence-corrected chi connectivity index (χ0v) is 15.3. The monoisotopic (exact) mass is 344 g/mol. The van der Waals surface area contributed by atoms with E-state index in [2.05, 4.69) is 31.7 Å². The highest BCUT2D eigenvalue weighted by atomic mass is 32.1. The number of nitrogens with two attached hydrogens (primary N) is 1. The van der Waals surface area contributed by atoms with Gasteiger partial charge in [-0.1, -0.05) is 6.07 Å². The van der Waals surface area contributed by atoms with Gasteiger partial charge >= 0.3 is 0 Å². The Morgan fingerprint density at radius 3 is 2.58 bits per heavy atom. The number of hydrogen-bond donors (Lipinski definition) is 1. The largest absolute Gasteiger partial charge is 0.397 e. The zero-order valence-electron chi connectivity index (χ0n) is 14.5. The van der Waals surface area contributed by atoms with Crippen molar-refractivity contribution in [2.75, 3.05) is 36.9 Å². The first-order chi connectivity index (χ1) is 11.5. The summed E-state index contributed by atoms with van der Waals surface area (Å²) in [6.45, 7) is 9.67. The van der Waals surface area contributed by atoms with E-state index in [0.29, 0.717) is 17.0 Å². The summed E-state index contributed by atoms with van der Waals surface area (Å²) >= 11 is 1.42. The topological polar surface area (TPSA) is 55.6 Å². The number of benzene rings is 1. The Morgan fingerprint density at radius 2 is 1.96 bits per heavy atom. The molecule has 1 fully saturated rings. The van der Waals surface area contributed by atoms with Crippen molar-refractivity contribution in [1.29, 1.82) is 0 Å². The van der Waals surface area contributed by atoms with Crippen molar-refractivity contribution >= 4 is 28.5 Å². The molecule has 2 N–H and O–H groups in total. The number of nitrogens with zero attached hydrogens (tertiary/aromatic N) is 1. The minimum absolute atomic E-state index is 0.102. The van der Waals surface area contributed by atoms with Crippen LogP contribution < -0.4 is 10.6 Å².